The summed E-state index contributed by atoms with van der Waals surface area (Å²) >= 11 is 0. The maximum Gasteiger partial charge on any atom is 0.304 e. The first-order valence-electron chi connectivity index (χ1n) is 10.6. The number of aromatic nitrogens is 3. The molecule has 3 rings (SSSR count). The molecule has 0 saturated heterocycles. The lowest BCUT2D eigenvalue weighted by atomic mass is 9.91. The number of rotatable bonds is 11. The van der Waals surface area contributed by atoms with E-state index in [9.17, 15) is 13.6 Å². The number of carboxylic acids is 1. The number of hydrogen-bond acceptors (Lipinski definition) is 6. The summed E-state index contributed by atoms with van der Waals surface area (Å²) in [7, 11) is 1.42. The van der Waals surface area contributed by atoms with Crippen molar-refractivity contribution in [1.82, 2.24) is 15.2 Å². The number of anilines is 1. The maximum absolute atomic E-state index is 14.6. The number of unbranched alkanes of at least 4 members (excludes halogenated alkanes) is 1. The second-order valence-corrected chi connectivity index (χ2v) is 7.90. The van der Waals surface area contributed by atoms with E-state index >= 15 is 0 Å². The average molecular weight is 434 g/mol. The van der Waals surface area contributed by atoms with Crippen LogP contribution in [-0.2, 0) is 17.6 Å². The molecule has 31 heavy (non-hydrogen) atoms. The van der Waals surface area contributed by atoms with E-state index in [0.717, 1.165) is 30.9 Å². The van der Waals surface area contributed by atoms with E-state index in [4.69, 9.17) is 9.84 Å². The number of aliphatic carboxylic acids is 1. The zero-order valence-electron chi connectivity index (χ0n) is 17.6. The number of nitrogens with one attached hydrogen (secondary N) is 1. The Labute approximate surface area is 180 Å². The molecular weight excluding hydrogens is 406 g/mol. The van der Waals surface area contributed by atoms with Crippen LogP contribution in [0.15, 0.2) is 24.3 Å². The van der Waals surface area contributed by atoms with E-state index in [1.54, 1.807) is 0 Å². The molecule has 0 radical (unpaired) electrons. The molecule has 1 aliphatic rings. The van der Waals surface area contributed by atoms with E-state index in [2.05, 4.69) is 26.6 Å². The number of methoxy groups -OCH3 is 1. The zero-order valence-corrected chi connectivity index (χ0v) is 17.6. The maximum atomic E-state index is 14.6. The summed E-state index contributed by atoms with van der Waals surface area (Å²) in [6.45, 7) is 0.908. The molecule has 0 aliphatic carbocycles. The van der Waals surface area contributed by atoms with E-state index < -0.39 is 30.7 Å². The molecule has 2 N–H and O–H groups in total. The molecule has 0 aromatic carbocycles. The van der Waals surface area contributed by atoms with Crippen molar-refractivity contribution in [3.8, 4) is 5.88 Å². The van der Waals surface area contributed by atoms with Crippen LogP contribution >= 0.6 is 0 Å². The normalized spacial score (nSPS) is 14.4. The lowest BCUT2D eigenvalue weighted by molar-refractivity contribution is -0.138. The highest BCUT2D eigenvalue weighted by Crippen LogP contribution is 2.35. The van der Waals surface area contributed by atoms with Crippen LogP contribution in [0.5, 0.6) is 5.88 Å². The molecule has 0 bridgehead atoms. The minimum absolute atomic E-state index is 0.230. The first-order valence-corrected chi connectivity index (χ1v) is 10.6. The SMILES string of the molecule is COc1ccc(C(CC(=O)O)CC(F)(F)CCCCc2ccc3c(n2)NCCC3)nn1. The number of carbonyl (C=O) groups is 1. The second kappa shape index (κ2) is 10.5. The third-order valence-corrected chi connectivity index (χ3v) is 5.43. The van der Waals surface area contributed by atoms with Crippen LogP contribution < -0.4 is 10.1 Å². The molecule has 2 aromatic heterocycles. The monoisotopic (exact) mass is 434 g/mol. The quantitative estimate of drug-likeness (QED) is 0.511. The fourth-order valence-corrected chi connectivity index (χ4v) is 3.81. The molecule has 168 valence electrons. The smallest absolute Gasteiger partial charge is 0.304 e. The first-order chi connectivity index (χ1) is 14.9. The standard InChI is InChI=1S/C22H28F2N4O3/c1-31-19-10-9-18(27-28-19)16(13-20(29)30)14-22(23,24)11-3-2-6-17-8-7-15-5-4-12-25-21(15)26-17/h7-10,16H,2-6,11-14H2,1H3,(H,25,26)(H,29,30). The van der Waals surface area contributed by atoms with E-state index in [1.807, 2.05) is 6.07 Å². The van der Waals surface area contributed by atoms with Crippen LogP contribution in [0, 0.1) is 0 Å². The van der Waals surface area contributed by atoms with Gasteiger partial charge in [0.25, 0.3) is 0 Å². The number of nitrogens with zero attached hydrogens (tertiary/aromatic N) is 3. The minimum atomic E-state index is -2.99. The largest absolute Gasteiger partial charge is 0.481 e. The van der Waals surface area contributed by atoms with Gasteiger partial charge >= 0.3 is 5.97 Å². The van der Waals surface area contributed by atoms with Gasteiger partial charge in [0.1, 0.15) is 5.82 Å². The molecular formula is C22H28F2N4O3. The molecule has 1 unspecified atom stereocenters. The first kappa shape index (κ1) is 22.8. The van der Waals surface area contributed by atoms with Gasteiger partial charge in [0.05, 0.1) is 19.2 Å². The Balaban J connectivity index is 1.52. The summed E-state index contributed by atoms with van der Waals surface area (Å²) in [5.41, 5.74) is 2.33. The fraction of sp³-hybridized carbons (Fsp3) is 0.545. The van der Waals surface area contributed by atoms with Crippen molar-refractivity contribution in [1.29, 1.82) is 0 Å². The summed E-state index contributed by atoms with van der Waals surface area (Å²) < 4.78 is 34.1. The summed E-state index contributed by atoms with van der Waals surface area (Å²) in [4.78, 5) is 15.8. The van der Waals surface area contributed by atoms with Crippen molar-refractivity contribution in [2.45, 2.75) is 63.2 Å². The van der Waals surface area contributed by atoms with Crippen molar-refractivity contribution in [3.63, 3.8) is 0 Å². The summed E-state index contributed by atoms with van der Waals surface area (Å²) in [6, 6.07) is 7.01. The highest BCUT2D eigenvalue weighted by atomic mass is 19.3. The predicted octanol–water partition coefficient (Wildman–Crippen LogP) is 4.24. The molecule has 7 nitrogen and oxygen atoms in total. The Morgan fingerprint density at radius 2 is 2.10 bits per heavy atom. The topological polar surface area (TPSA) is 97.2 Å². The van der Waals surface area contributed by atoms with Crippen LogP contribution in [-0.4, -0.2) is 45.8 Å². The van der Waals surface area contributed by atoms with Gasteiger partial charge in [-0.25, -0.2) is 13.8 Å². The van der Waals surface area contributed by atoms with Crippen LogP contribution in [0.2, 0.25) is 0 Å². The highest BCUT2D eigenvalue weighted by molar-refractivity contribution is 5.67. The Morgan fingerprint density at radius 1 is 1.26 bits per heavy atom. The molecule has 9 heteroatoms. The fourth-order valence-electron chi connectivity index (χ4n) is 3.81. The Kier molecular flexibility index (Phi) is 7.70. The van der Waals surface area contributed by atoms with Gasteiger partial charge in [0, 0.05) is 37.1 Å². The lowest BCUT2D eigenvalue weighted by Crippen LogP contribution is -2.22. The number of halogens is 2. The number of ether oxygens (including phenoxy) is 1. The van der Waals surface area contributed by atoms with Gasteiger partial charge < -0.3 is 15.2 Å². The molecule has 0 spiro atoms. The van der Waals surface area contributed by atoms with Gasteiger partial charge in [-0.3, -0.25) is 4.79 Å². The molecule has 1 atom stereocenters. The third-order valence-electron chi connectivity index (χ3n) is 5.43. The van der Waals surface area contributed by atoms with Gasteiger partial charge in [-0.05, 0) is 49.8 Å². The van der Waals surface area contributed by atoms with Crippen molar-refractivity contribution in [2.75, 3.05) is 19.0 Å². The average Bonchev–Trinajstić information content (AvgIpc) is 2.76. The van der Waals surface area contributed by atoms with Crippen LogP contribution in [0.25, 0.3) is 0 Å². The Bertz CT molecular complexity index is 878. The molecule has 2 aromatic rings. The van der Waals surface area contributed by atoms with E-state index in [1.165, 1.54) is 24.8 Å². The molecule has 0 amide bonds. The van der Waals surface area contributed by atoms with Crippen molar-refractivity contribution in [2.24, 2.45) is 0 Å². The number of alkyl halides is 2. The number of hydrogen-bond donors (Lipinski definition) is 2. The summed E-state index contributed by atoms with van der Waals surface area (Å²) in [6.07, 6.45) is 2.33. The van der Waals surface area contributed by atoms with Gasteiger partial charge in [0.15, 0.2) is 0 Å². The van der Waals surface area contributed by atoms with Crippen LogP contribution in [0.4, 0.5) is 14.6 Å². The van der Waals surface area contributed by atoms with E-state index in [-0.39, 0.29) is 18.0 Å². The van der Waals surface area contributed by atoms with Gasteiger partial charge in [-0.1, -0.05) is 6.07 Å². The van der Waals surface area contributed by atoms with E-state index in [0.29, 0.717) is 19.3 Å². The van der Waals surface area contributed by atoms with Crippen LogP contribution in [0.1, 0.15) is 61.4 Å². The molecule has 1 aliphatic heterocycles. The van der Waals surface area contributed by atoms with Gasteiger partial charge in [-0.2, -0.15) is 5.10 Å². The highest BCUT2D eigenvalue weighted by Gasteiger charge is 2.34. The predicted molar refractivity (Wildman–Crippen MR) is 112 cm³/mol. The van der Waals surface area contributed by atoms with Crippen molar-refractivity contribution < 1.29 is 23.4 Å². The van der Waals surface area contributed by atoms with Crippen molar-refractivity contribution in [3.05, 3.63) is 41.2 Å². The second-order valence-electron chi connectivity index (χ2n) is 7.90. The molecule has 3 heterocycles. The van der Waals surface area contributed by atoms with Crippen molar-refractivity contribution >= 4 is 11.8 Å². The molecule has 0 saturated carbocycles. The Hall–Kier alpha value is -2.84. The summed E-state index contributed by atoms with van der Waals surface area (Å²) in [5, 5.41) is 20.1. The van der Waals surface area contributed by atoms with Crippen LogP contribution in [0.3, 0.4) is 0 Å². The van der Waals surface area contributed by atoms with Gasteiger partial charge in [0.2, 0.25) is 11.8 Å². The number of aryl methyl sites for hydroxylation is 2. The number of carboxylic acid groups (broad SMARTS) is 1. The zero-order chi connectivity index (χ0) is 22.3. The third kappa shape index (κ3) is 6.83. The summed E-state index contributed by atoms with van der Waals surface area (Å²) in [5.74, 6) is -3.90. The van der Waals surface area contributed by atoms with Gasteiger partial charge in [-0.15, -0.1) is 5.10 Å². The lowest BCUT2D eigenvalue weighted by Gasteiger charge is -2.22. The Morgan fingerprint density at radius 3 is 2.81 bits per heavy atom. The molecule has 0 fully saturated rings. The number of pyridine rings is 1. The number of fused-ring (bicyclic) bond motifs is 1. The minimum Gasteiger partial charge on any atom is -0.481 e.